The monoisotopic (exact) mass is 420 g/mol. The minimum Gasteiger partial charge on any atom is -0.360 e. The van der Waals surface area contributed by atoms with Crippen LogP contribution in [0.3, 0.4) is 0 Å². The van der Waals surface area contributed by atoms with Crippen LogP contribution in [0.4, 0.5) is 5.82 Å². The molecular weight excluding hydrogens is 392 g/mol. The summed E-state index contributed by atoms with van der Waals surface area (Å²) in [5.41, 5.74) is 3.74. The number of amides is 1. The molecule has 0 saturated carbocycles. The zero-order valence-corrected chi connectivity index (χ0v) is 18.6. The Labute approximate surface area is 182 Å². The van der Waals surface area contributed by atoms with E-state index in [1.807, 2.05) is 55.5 Å². The average molecular weight is 421 g/mol. The first-order valence-corrected chi connectivity index (χ1v) is 11.2. The zero-order chi connectivity index (χ0) is 21.3. The van der Waals surface area contributed by atoms with Crippen molar-refractivity contribution in [2.45, 2.75) is 31.2 Å². The summed E-state index contributed by atoms with van der Waals surface area (Å²) in [7, 11) is 2.06. The van der Waals surface area contributed by atoms with Crippen LogP contribution >= 0.6 is 11.8 Å². The van der Waals surface area contributed by atoms with Crippen molar-refractivity contribution < 1.29 is 4.79 Å². The van der Waals surface area contributed by atoms with Crippen molar-refractivity contribution in [2.24, 2.45) is 0 Å². The smallest absolute Gasteiger partial charge is 0.251 e. The van der Waals surface area contributed by atoms with Gasteiger partial charge in [-0.25, -0.2) is 9.97 Å². The molecule has 3 rings (SSSR count). The van der Waals surface area contributed by atoms with E-state index in [2.05, 4.69) is 36.3 Å². The van der Waals surface area contributed by atoms with Crippen LogP contribution in [0.5, 0.6) is 0 Å². The molecule has 3 aromatic rings. The molecule has 5 nitrogen and oxygen atoms in total. The van der Waals surface area contributed by atoms with Crippen molar-refractivity contribution in [2.75, 3.05) is 25.0 Å². The van der Waals surface area contributed by atoms with Gasteiger partial charge in [0, 0.05) is 43.1 Å². The molecule has 0 radical (unpaired) electrons. The van der Waals surface area contributed by atoms with E-state index in [0.29, 0.717) is 17.9 Å². The van der Waals surface area contributed by atoms with E-state index in [-0.39, 0.29) is 5.91 Å². The van der Waals surface area contributed by atoms with Gasteiger partial charge >= 0.3 is 0 Å². The molecule has 1 aromatic heterocycles. The molecule has 0 aliphatic carbocycles. The molecule has 6 heteroatoms. The highest BCUT2D eigenvalue weighted by molar-refractivity contribution is 7.98. The lowest BCUT2D eigenvalue weighted by Crippen LogP contribution is -2.22. The Hall–Kier alpha value is -2.86. The van der Waals surface area contributed by atoms with Crippen molar-refractivity contribution in [1.29, 1.82) is 0 Å². The van der Waals surface area contributed by atoms with Gasteiger partial charge in [0.25, 0.3) is 5.91 Å². The van der Waals surface area contributed by atoms with Gasteiger partial charge in [0.05, 0.1) is 5.69 Å². The largest absolute Gasteiger partial charge is 0.360 e. The van der Waals surface area contributed by atoms with Gasteiger partial charge in [0.15, 0.2) is 5.16 Å². The van der Waals surface area contributed by atoms with E-state index in [4.69, 9.17) is 9.97 Å². The minimum absolute atomic E-state index is 0.0462. The van der Waals surface area contributed by atoms with Gasteiger partial charge < -0.3 is 10.2 Å². The van der Waals surface area contributed by atoms with Crippen molar-refractivity contribution in [1.82, 2.24) is 15.3 Å². The number of carbonyl (C=O) groups is 1. The van der Waals surface area contributed by atoms with Crippen LogP contribution in [0.25, 0.3) is 11.3 Å². The second-order valence-corrected chi connectivity index (χ2v) is 7.97. The van der Waals surface area contributed by atoms with Gasteiger partial charge in [0.2, 0.25) is 0 Å². The molecule has 2 aromatic carbocycles. The van der Waals surface area contributed by atoms with Gasteiger partial charge in [-0.3, -0.25) is 4.79 Å². The van der Waals surface area contributed by atoms with Crippen LogP contribution in [0, 0.1) is 0 Å². The van der Waals surface area contributed by atoms with E-state index in [1.54, 1.807) is 11.8 Å². The van der Waals surface area contributed by atoms with Crippen molar-refractivity contribution >= 4 is 23.5 Å². The third-order valence-electron chi connectivity index (χ3n) is 4.61. The Bertz CT molecular complexity index is 978. The molecule has 0 saturated heterocycles. The number of aromatic nitrogens is 2. The maximum absolute atomic E-state index is 12.1. The highest BCUT2D eigenvalue weighted by Gasteiger charge is 2.11. The maximum Gasteiger partial charge on any atom is 0.251 e. The molecule has 0 fully saturated rings. The highest BCUT2D eigenvalue weighted by atomic mass is 32.2. The molecule has 0 aliphatic heterocycles. The summed E-state index contributed by atoms with van der Waals surface area (Å²) in [5.74, 6) is 1.57. The lowest BCUT2D eigenvalue weighted by molar-refractivity contribution is 0.0955. The summed E-state index contributed by atoms with van der Waals surface area (Å²) in [4.78, 5) is 23.8. The van der Waals surface area contributed by atoms with E-state index in [1.165, 1.54) is 0 Å². The molecule has 1 amide bonds. The summed E-state index contributed by atoms with van der Waals surface area (Å²) in [6.07, 6.45) is 1.05. The molecule has 0 spiro atoms. The average Bonchev–Trinajstić information content (AvgIpc) is 2.78. The molecule has 0 atom stereocenters. The fourth-order valence-corrected chi connectivity index (χ4v) is 3.89. The van der Waals surface area contributed by atoms with Gasteiger partial charge in [-0.2, -0.15) is 0 Å². The van der Waals surface area contributed by atoms with Gasteiger partial charge in [-0.15, -0.1) is 0 Å². The second-order valence-electron chi connectivity index (χ2n) is 7.03. The molecular formula is C24H28N4OS. The number of hydrogen-bond donors (Lipinski definition) is 1. The minimum atomic E-state index is -0.0462. The first-order chi connectivity index (χ1) is 14.6. The van der Waals surface area contributed by atoms with Gasteiger partial charge in [0.1, 0.15) is 5.82 Å². The Morgan fingerprint density at radius 3 is 2.57 bits per heavy atom. The normalized spacial score (nSPS) is 10.6. The number of carbonyl (C=O) groups excluding carboxylic acids is 1. The van der Waals surface area contributed by atoms with Gasteiger partial charge in [-0.1, -0.05) is 61.2 Å². The topological polar surface area (TPSA) is 58.1 Å². The van der Waals surface area contributed by atoms with Crippen molar-refractivity contribution in [3.05, 3.63) is 71.8 Å². The quantitative estimate of drug-likeness (QED) is 0.389. The molecule has 0 unspecified atom stereocenters. The van der Waals surface area contributed by atoms with E-state index in [0.717, 1.165) is 40.8 Å². The number of thioether (sulfide) groups is 1. The van der Waals surface area contributed by atoms with Crippen LogP contribution in [0.15, 0.2) is 65.8 Å². The predicted molar refractivity (Wildman–Crippen MR) is 125 cm³/mol. The standard InChI is InChI=1S/C24H28N4OS/c1-4-14-28(3)22-16-21(19-11-7-6-8-12-19)26-24(27-22)30-17-18-10-9-13-20(15-18)23(29)25-5-2/h6-13,15-16H,4-5,14,17H2,1-3H3,(H,25,29). The van der Waals surface area contributed by atoms with E-state index < -0.39 is 0 Å². The summed E-state index contributed by atoms with van der Waals surface area (Å²) in [6.45, 7) is 5.63. The van der Waals surface area contributed by atoms with Crippen LogP contribution in [0.2, 0.25) is 0 Å². The number of benzene rings is 2. The second kappa shape index (κ2) is 10.8. The Balaban J connectivity index is 1.84. The summed E-state index contributed by atoms with van der Waals surface area (Å²) in [5, 5.41) is 3.58. The number of anilines is 1. The molecule has 1 N–H and O–H groups in total. The number of nitrogens with one attached hydrogen (secondary N) is 1. The SMILES string of the molecule is CCCN(C)c1cc(-c2ccccc2)nc(SCc2cccc(C(=O)NCC)c2)n1. The van der Waals surface area contributed by atoms with E-state index in [9.17, 15) is 4.79 Å². The van der Waals surface area contributed by atoms with E-state index >= 15 is 0 Å². The Morgan fingerprint density at radius 2 is 1.83 bits per heavy atom. The number of rotatable bonds is 9. The Morgan fingerprint density at radius 1 is 1.03 bits per heavy atom. The molecule has 0 bridgehead atoms. The van der Waals surface area contributed by atoms with Crippen molar-refractivity contribution in [3.63, 3.8) is 0 Å². The fraction of sp³-hybridized carbons (Fsp3) is 0.292. The van der Waals surface area contributed by atoms with Crippen LogP contribution < -0.4 is 10.2 Å². The zero-order valence-electron chi connectivity index (χ0n) is 17.8. The fourth-order valence-electron chi connectivity index (χ4n) is 3.09. The first kappa shape index (κ1) is 21.8. The van der Waals surface area contributed by atoms with Crippen LogP contribution in [-0.4, -0.2) is 36.0 Å². The third-order valence-corrected chi connectivity index (χ3v) is 5.52. The molecule has 156 valence electrons. The van der Waals surface area contributed by atoms with Crippen LogP contribution in [-0.2, 0) is 5.75 Å². The third kappa shape index (κ3) is 5.83. The number of hydrogen-bond acceptors (Lipinski definition) is 5. The first-order valence-electron chi connectivity index (χ1n) is 10.3. The van der Waals surface area contributed by atoms with Crippen molar-refractivity contribution in [3.8, 4) is 11.3 Å². The molecule has 1 heterocycles. The Kier molecular flexibility index (Phi) is 7.85. The van der Waals surface area contributed by atoms with Gasteiger partial charge in [-0.05, 0) is 31.0 Å². The lowest BCUT2D eigenvalue weighted by atomic mass is 10.1. The lowest BCUT2D eigenvalue weighted by Gasteiger charge is -2.18. The summed E-state index contributed by atoms with van der Waals surface area (Å²) in [6, 6.07) is 19.9. The number of nitrogens with zero attached hydrogens (tertiary/aromatic N) is 3. The van der Waals surface area contributed by atoms with Crippen LogP contribution in [0.1, 0.15) is 36.2 Å². The molecule has 0 aliphatic rings. The predicted octanol–water partition coefficient (Wildman–Crippen LogP) is 5.03. The molecule has 30 heavy (non-hydrogen) atoms. The summed E-state index contributed by atoms with van der Waals surface area (Å²) < 4.78 is 0. The summed E-state index contributed by atoms with van der Waals surface area (Å²) >= 11 is 1.59. The maximum atomic E-state index is 12.1. The highest BCUT2D eigenvalue weighted by Crippen LogP contribution is 2.27.